The van der Waals surface area contributed by atoms with Crippen LogP contribution in [0.5, 0.6) is 0 Å². The molecular weight excluding hydrogens is 248 g/mol. The molecule has 0 saturated carbocycles. The number of methoxy groups -OCH3 is 1. The average molecular weight is 274 g/mol. The lowest BCUT2D eigenvalue weighted by Crippen LogP contribution is -2.40. The average Bonchev–Trinajstić information content (AvgIpc) is 2.91. The Labute approximate surface area is 122 Å². The first kappa shape index (κ1) is 13.9. The third-order valence-corrected chi connectivity index (χ3v) is 4.88. The van der Waals surface area contributed by atoms with Gasteiger partial charge in [-0.3, -0.25) is 4.90 Å². The molecule has 2 heterocycles. The van der Waals surface area contributed by atoms with E-state index in [9.17, 15) is 0 Å². The van der Waals surface area contributed by atoms with Gasteiger partial charge in [0.1, 0.15) is 0 Å². The van der Waals surface area contributed by atoms with Crippen LogP contribution in [0, 0.1) is 5.41 Å². The minimum atomic E-state index is 0.377. The van der Waals surface area contributed by atoms with Crippen molar-refractivity contribution in [1.82, 2.24) is 4.90 Å². The maximum absolute atomic E-state index is 5.37. The van der Waals surface area contributed by atoms with E-state index < -0.39 is 0 Å². The van der Waals surface area contributed by atoms with E-state index in [0.29, 0.717) is 5.41 Å². The first-order valence-corrected chi connectivity index (χ1v) is 7.76. The number of anilines is 1. The third-order valence-electron chi connectivity index (χ3n) is 4.88. The van der Waals surface area contributed by atoms with Crippen molar-refractivity contribution in [3.63, 3.8) is 0 Å². The van der Waals surface area contributed by atoms with Gasteiger partial charge in [-0.15, -0.1) is 0 Å². The smallest absolute Gasteiger partial charge is 0.0516 e. The Morgan fingerprint density at radius 1 is 1.30 bits per heavy atom. The molecule has 0 aliphatic carbocycles. The van der Waals surface area contributed by atoms with Gasteiger partial charge in [-0.25, -0.2) is 0 Å². The predicted octanol–water partition coefficient (Wildman–Crippen LogP) is 2.90. The second-order valence-corrected chi connectivity index (χ2v) is 6.65. The van der Waals surface area contributed by atoms with Crippen LogP contribution in [-0.4, -0.2) is 38.3 Å². The van der Waals surface area contributed by atoms with Crippen LogP contribution in [0.15, 0.2) is 18.2 Å². The zero-order chi connectivity index (χ0) is 14.0. The minimum Gasteiger partial charge on any atom is -0.384 e. The topological polar surface area (TPSA) is 24.5 Å². The number of ether oxygens (including phenoxy) is 1. The number of piperidine rings is 1. The molecule has 0 bridgehead atoms. The van der Waals surface area contributed by atoms with Crippen molar-refractivity contribution in [2.45, 2.75) is 32.7 Å². The van der Waals surface area contributed by atoms with Crippen molar-refractivity contribution in [3.8, 4) is 0 Å². The number of hydrogen-bond donors (Lipinski definition) is 1. The SMILES string of the molecule is COCC1(C)CCN(Cc2cccc3c2NCC3)CC1. The maximum Gasteiger partial charge on any atom is 0.0516 e. The van der Waals surface area contributed by atoms with Crippen molar-refractivity contribution in [2.75, 3.05) is 38.7 Å². The van der Waals surface area contributed by atoms with Gasteiger partial charge in [0.2, 0.25) is 0 Å². The molecule has 0 amide bonds. The first-order valence-electron chi connectivity index (χ1n) is 7.76. The minimum absolute atomic E-state index is 0.377. The monoisotopic (exact) mass is 274 g/mol. The molecule has 2 aliphatic rings. The van der Waals surface area contributed by atoms with Gasteiger partial charge in [-0.05, 0) is 48.9 Å². The largest absolute Gasteiger partial charge is 0.384 e. The first-order chi connectivity index (χ1) is 9.70. The maximum atomic E-state index is 5.37. The van der Waals surface area contributed by atoms with Crippen LogP contribution in [-0.2, 0) is 17.7 Å². The molecule has 1 saturated heterocycles. The number of benzene rings is 1. The van der Waals surface area contributed by atoms with Crippen molar-refractivity contribution >= 4 is 5.69 Å². The van der Waals surface area contributed by atoms with E-state index in [-0.39, 0.29) is 0 Å². The van der Waals surface area contributed by atoms with Gasteiger partial charge in [0.25, 0.3) is 0 Å². The summed E-state index contributed by atoms with van der Waals surface area (Å²) in [7, 11) is 1.82. The zero-order valence-electron chi connectivity index (χ0n) is 12.7. The van der Waals surface area contributed by atoms with Gasteiger partial charge in [0.05, 0.1) is 6.61 Å². The van der Waals surface area contributed by atoms with E-state index >= 15 is 0 Å². The normalized spacial score (nSPS) is 21.5. The highest BCUT2D eigenvalue weighted by molar-refractivity contribution is 5.61. The molecule has 0 radical (unpaired) electrons. The quantitative estimate of drug-likeness (QED) is 0.913. The van der Waals surface area contributed by atoms with Crippen LogP contribution in [0.25, 0.3) is 0 Å². The number of fused-ring (bicyclic) bond motifs is 1. The molecule has 1 aromatic carbocycles. The number of hydrogen-bond acceptors (Lipinski definition) is 3. The van der Waals surface area contributed by atoms with Crippen LogP contribution in [0.4, 0.5) is 5.69 Å². The van der Waals surface area contributed by atoms with Gasteiger partial charge in [-0.1, -0.05) is 25.1 Å². The van der Waals surface area contributed by atoms with Gasteiger partial charge in [0.15, 0.2) is 0 Å². The van der Waals surface area contributed by atoms with Gasteiger partial charge in [-0.2, -0.15) is 0 Å². The van der Waals surface area contributed by atoms with Crippen LogP contribution in [0.2, 0.25) is 0 Å². The Kier molecular flexibility index (Phi) is 3.99. The molecule has 110 valence electrons. The summed E-state index contributed by atoms with van der Waals surface area (Å²) in [6.45, 7) is 7.79. The molecule has 1 fully saturated rings. The number of likely N-dealkylation sites (tertiary alicyclic amines) is 1. The molecule has 3 rings (SSSR count). The molecule has 1 aromatic rings. The highest BCUT2D eigenvalue weighted by atomic mass is 16.5. The number of rotatable bonds is 4. The fourth-order valence-corrected chi connectivity index (χ4v) is 3.53. The summed E-state index contributed by atoms with van der Waals surface area (Å²) in [5.74, 6) is 0. The van der Waals surface area contributed by atoms with E-state index in [2.05, 4.69) is 35.3 Å². The molecule has 20 heavy (non-hydrogen) atoms. The second kappa shape index (κ2) is 5.74. The Morgan fingerprint density at radius 2 is 2.10 bits per heavy atom. The van der Waals surface area contributed by atoms with E-state index in [1.54, 1.807) is 0 Å². The molecule has 3 nitrogen and oxygen atoms in total. The van der Waals surface area contributed by atoms with Gasteiger partial charge < -0.3 is 10.1 Å². The lowest BCUT2D eigenvalue weighted by Gasteiger charge is -2.39. The van der Waals surface area contributed by atoms with Crippen LogP contribution in [0.3, 0.4) is 0 Å². The van der Waals surface area contributed by atoms with Crippen LogP contribution >= 0.6 is 0 Å². The van der Waals surface area contributed by atoms with Crippen LogP contribution in [0.1, 0.15) is 30.9 Å². The standard InChI is InChI=1S/C17H26N2O/c1-17(13-20-2)7-10-19(11-8-17)12-15-5-3-4-14-6-9-18-16(14)15/h3-5,18H,6-13H2,1-2H3. The zero-order valence-corrected chi connectivity index (χ0v) is 12.7. The summed E-state index contributed by atoms with van der Waals surface area (Å²) in [6.07, 6.45) is 3.65. The van der Waals surface area contributed by atoms with Gasteiger partial charge in [0, 0.05) is 25.9 Å². The fourth-order valence-electron chi connectivity index (χ4n) is 3.53. The van der Waals surface area contributed by atoms with Crippen molar-refractivity contribution in [3.05, 3.63) is 29.3 Å². The Balaban J connectivity index is 1.62. The van der Waals surface area contributed by atoms with E-state index in [1.807, 2.05) is 7.11 Å². The predicted molar refractivity (Wildman–Crippen MR) is 83.1 cm³/mol. The summed E-state index contributed by atoms with van der Waals surface area (Å²) in [6, 6.07) is 6.74. The summed E-state index contributed by atoms with van der Waals surface area (Å²) in [5.41, 5.74) is 4.74. The lowest BCUT2D eigenvalue weighted by atomic mass is 9.81. The Bertz CT molecular complexity index is 464. The van der Waals surface area contributed by atoms with Crippen molar-refractivity contribution in [2.24, 2.45) is 5.41 Å². The Hall–Kier alpha value is -1.06. The van der Waals surface area contributed by atoms with Crippen molar-refractivity contribution in [1.29, 1.82) is 0 Å². The Morgan fingerprint density at radius 3 is 2.85 bits per heavy atom. The molecule has 0 spiro atoms. The number of nitrogens with one attached hydrogen (secondary N) is 1. The molecule has 3 heteroatoms. The van der Waals surface area contributed by atoms with E-state index in [0.717, 1.165) is 19.7 Å². The fraction of sp³-hybridized carbons (Fsp3) is 0.647. The summed E-state index contributed by atoms with van der Waals surface area (Å²) >= 11 is 0. The summed E-state index contributed by atoms with van der Waals surface area (Å²) in [4.78, 5) is 2.59. The van der Waals surface area contributed by atoms with Gasteiger partial charge >= 0.3 is 0 Å². The lowest BCUT2D eigenvalue weighted by molar-refractivity contribution is 0.0323. The molecule has 0 aromatic heterocycles. The van der Waals surface area contributed by atoms with Crippen molar-refractivity contribution < 1.29 is 4.74 Å². The molecular formula is C17H26N2O. The summed E-state index contributed by atoms with van der Waals surface area (Å²) in [5, 5.41) is 3.55. The highest BCUT2D eigenvalue weighted by Crippen LogP contribution is 2.33. The van der Waals surface area contributed by atoms with Crippen LogP contribution < -0.4 is 5.32 Å². The molecule has 2 aliphatic heterocycles. The molecule has 0 unspecified atom stereocenters. The third kappa shape index (κ3) is 2.84. The molecule has 0 atom stereocenters. The number of nitrogens with zero attached hydrogens (tertiary/aromatic N) is 1. The van der Waals surface area contributed by atoms with E-state index in [1.165, 1.54) is 49.2 Å². The second-order valence-electron chi connectivity index (χ2n) is 6.65. The number of para-hydroxylation sites is 1. The van der Waals surface area contributed by atoms with E-state index in [4.69, 9.17) is 4.74 Å². The molecule has 1 N–H and O–H groups in total. The summed E-state index contributed by atoms with van der Waals surface area (Å²) < 4.78 is 5.37. The highest BCUT2D eigenvalue weighted by Gasteiger charge is 2.30.